The first-order valence-electron chi connectivity index (χ1n) is 19.6. The van der Waals surface area contributed by atoms with E-state index in [-0.39, 0.29) is 27.3 Å². The van der Waals surface area contributed by atoms with Gasteiger partial charge in [0.1, 0.15) is 50.4 Å². The minimum atomic E-state index is 0.171. The number of furan rings is 1. The molecule has 10 radical (unpaired) electrons. The number of rotatable bonds is 5. The highest BCUT2D eigenvalue weighted by Crippen LogP contribution is 2.42. The quantitative estimate of drug-likeness (QED) is 0.135. The van der Waals surface area contributed by atoms with E-state index in [2.05, 4.69) is 84.9 Å². The van der Waals surface area contributed by atoms with Gasteiger partial charge in [-0.15, -0.1) is 16.4 Å². The molecule has 0 bridgehead atoms. The van der Waals surface area contributed by atoms with Crippen molar-refractivity contribution in [3.8, 4) is 56.4 Å². The molecule has 0 amide bonds. The Morgan fingerprint density at radius 1 is 0.333 bits per heavy atom. The van der Waals surface area contributed by atoms with Crippen molar-refractivity contribution in [1.29, 1.82) is 0 Å². The van der Waals surface area contributed by atoms with E-state index < -0.39 is 0 Å². The summed E-state index contributed by atoms with van der Waals surface area (Å²) in [4.78, 5) is 15.2. The van der Waals surface area contributed by atoms with Crippen molar-refractivity contribution < 1.29 is 4.42 Å². The van der Waals surface area contributed by atoms with Crippen LogP contribution < -0.4 is 27.3 Å². The smallest absolute Gasteiger partial charge is 0.164 e. The molecular formula is C51H26B5N3O. The third-order valence-corrected chi connectivity index (χ3v) is 11.6. The Hall–Kier alpha value is -7.11. The zero-order valence-electron chi connectivity index (χ0n) is 32.1. The summed E-state index contributed by atoms with van der Waals surface area (Å²) in [6, 6.07) is 53.8. The van der Waals surface area contributed by atoms with Crippen molar-refractivity contribution in [3.63, 3.8) is 0 Å². The molecule has 4 nitrogen and oxygen atoms in total. The van der Waals surface area contributed by atoms with Crippen LogP contribution in [0.25, 0.3) is 111 Å². The van der Waals surface area contributed by atoms with E-state index >= 15 is 0 Å². The van der Waals surface area contributed by atoms with E-state index in [9.17, 15) is 0 Å². The standard InChI is InChI=1S/C51H26B5N3O/c52-43-41(44(53)46(55)47(56)45(43)54)27-20-22-29(23-21-27)50-57-49(28-10-2-1-3-11-28)58-51(59-50)38-18-9-19-40-42(38)37-17-8-16-31(48(37)60-40)30-24-25-36-34-14-5-4-12-32(34)33-13-6-7-15-35(33)39(36)26-30/h1-26H. The molecule has 2 heterocycles. The molecule has 0 aliphatic heterocycles. The summed E-state index contributed by atoms with van der Waals surface area (Å²) in [6.07, 6.45) is 0. The summed E-state index contributed by atoms with van der Waals surface area (Å²) in [7, 11) is 31.2. The summed E-state index contributed by atoms with van der Waals surface area (Å²) in [5.41, 5.74) is 8.39. The van der Waals surface area contributed by atoms with E-state index in [1.165, 1.54) is 32.3 Å². The Bertz CT molecular complexity index is 3490. The minimum Gasteiger partial charge on any atom is -0.455 e. The van der Waals surface area contributed by atoms with Gasteiger partial charge in [0.05, 0.1) is 0 Å². The van der Waals surface area contributed by atoms with Gasteiger partial charge < -0.3 is 4.42 Å². The molecule has 0 aliphatic carbocycles. The number of benzene rings is 9. The fraction of sp³-hybridized carbons (Fsp3) is 0. The number of nitrogens with zero attached hydrogens (tertiary/aromatic N) is 3. The Morgan fingerprint density at radius 2 is 0.800 bits per heavy atom. The van der Waals surface area contributed by atoms with Gasteiger partial charge in [0, 0.05) is 33.0 Å². The highest BCUT2D eigenvalue weighted by molar-refractivity contribution is 6.68. The molecule has 266 valence electrons. The molecule has 0 spiro atoms. The lowest BCUT2D eigenvalue weighted by Gasteiger charge is -2.21. The average molecular weight is 751 g/mol. The molecule has 60 heavy (non-hydrogen) atoms. The second-order valence-corrected chi connectivity index (χ2v) is 15.0. The van der Waals surface area contributed by atoms with Gasteiger partial charge in [0.25, 0.3) is 0 Å². The highest BCUT2D eigenvalue weighted by atomic mass is 16.3. The van der Waals surface area contributed by atoms with E-state index in [1.54, 1.807) is 0 Å². The molecule has 11 rings (SSSR count). The monoisotopic (exact) mass is 751 g/mol. The van der Waals surface area contributed by atoms with E-state index in [0.29, 0.717) is 23.0 Å². The molecule has 9 heteroatoms. The molecule has 0 N–H and O–H groups in total. The van der Waals surface area contributed by atoms with Crippen molar-refractivity contribution in [2.75, 3.05) is 0 Å². The maximum Gasteiger partial charge on any atom is 0.164 e. The molecule has 0 atom stereocenters. The zero-order valence-corrected chi connectivity index (χ0v) is 32.1. The van der Waals surface area contributed by atoms with E-state index in [4.69, 9.17) is 58.6 Å². The fourth-order valence-corrected chi connectivity index (χ4v) is 8.63. The lowest BCUT2D eigenvalue weighted by Crippen LogP contribution is -2.55. The van der Waals surface area contributed by atoms with Crippen LogP contribution in [0.4, 0.5) is 0 Å². The SMILES string of the molecule is [B]c1c([B])c([B])c(-c2ccc(-c3nc(-c4ccccc4)nc(-c4cccc5oc6c(-c7ccc8c9ccccc9c9ccccc9c8c7)cccc6c45)n3)cc2)c([B])c1[B]. The second-order valence-electron chi connectivity index (χ2n) is 15.0. The van der Waals surface area contributed by atoms with Crippen molar-refractivity contribution in [1.82, 2.24) is 15.0 Å². The minimum absolute atomic E-state index is 0.171. The van der Waals surface area contributed by atoms with Crippen LogP contribution in [0.2, 0.25) is 0 Å². The van der Waals surface area contributed by atoms with Crippen LogP contribution in [0.5, 0.6) is 0 Å². The zero-order chi connectivity index (χ0) is 40.6. The van der Waals surface area contributed by atoms with Crippen LogP contribution in [0.15, 0.2) is 162 Å². The molecule has 11 aromatic rings. The average Bonchev–Trinajstić information content (AvgIpc) is 3.70. The third-order valence-electron chi connectivity index (χ3n) is 11.6. The molecule has 0 saturated carbocycles. The van der Waals surface area contributed by atoms with Gasteiger partial charge in [0.15, 0.2) is 17.5 Å². The van der Waals surface area contributed by atoms with Crippen LogP contribution in [-0.4, -0.2) is 54.2 Å². The highest BCUT2D eigenvalue weighted by Gasteiger charge is 2.21. The molecular weight excluding hydrogens is 725 g/mol. The van der Waals surface area contributed by atoms with Gasteiger partial charge in [-0.2, -0.15) is 0 Å². The summed E-state index contributed by atoms with van der Waals surface area (Å²) >= 11 is 0. The van der Waals surface area contributed by atoms with Crippen LogP contribution in [0.3, 0.4) is 0 Å². The molecule has 0 saturated heterocycles. The predicted molar refractivity (Wildman–Crippen MR) is 254 cm³/mol. The molecule has 0 fully saturated rings. The van der Waals surface area contributed by atoms with Crippen molar-refractivity contribution in [3.05, 3.63) is 158 Å². The Labute approximate surface area is 352 Å². The summed E-state index contributed by atoms with van der Waals surface area (Å²) in [5.74, 6) is 1.54. The predicted octanol–water partition coefficient (Wildman–Crippen LogP) is 7.53. The maximum atomic E-state index is 6.78. The van der Waals surface area contributed by atoms with Crippen molar-refractivity contribution in [2.24, 2.45) is 0 Å². The normalized spacial score (nSPS) is 11.7. The Balaban J connectivity index is 1.07. The Morgan fingerprint density at radius 3 is 1.45 bits per heavy atom. The van der Waals surface area contributed by atoms with E-state index in [0.717, 1.165) is 55.3 Å². The van der Waals surface area contributed by atoms with Gasteiger partial charge in [0.2, 0.25) is 0 Å². The number of aromatic nitrogens is 3. The first-order valence-corrected chi connectivity index (χ1v) is 19.6. The van der Waals surface area contributed by atoms with Gasteiger partial charge in [-0.1, -0.05) is 157 Å². The Kier molecular flexibility index (Phi) is 8.42. The van der Waals surface area contributed by atoms with Crippen LogP contribution >= 0.6 is 0 Å². The largest absolute Gasteiger partial charge is 0.455 e. The van der Waals surface area contributed by atoms with Crippen LogP contribution in [0.1, 0.15) is 0 Å². The van der Waals surface area contributed by atoms with E-state index in [1.807, 2.05) is 72.8 Å². The molecule has 0 unspecified atom stereocenters. The molecule has 2 aromatic heterocycles. The lowest BCUT2D eigenvalue weighted by molar-refractivity contribution is 0.670. The van der Waals surface area contributed by atoms with Gasteiger partial charge >= 0.3 is 0 Å². The topological polar surface area (TPSA) is 51.8 Å². The molecule has 9 aromatic carbocycles. The van der Waals surface area contributed by atoms with Crippen LogP contribution in [0, 0.1) is 0 Å². The van der Waals surface area contributed by atoms with Gasteiger partial charge in [-0.25, -0.2) is 15.0 Å². The number of hydrogen-bond donors (Lipinski definition) is 0. The van der Waals surface area contributed by atoms with Gasteiger partial charge in [-0.05, 0) is 61.1 Å². The second kappa shape index (κ2) is 14.0. The maximum absolute atomic E-state index is 6.78. The first-order chi connectivity index (χ1) is 29.3. The van der Waals surface area contributed by atoms with Crippen molar-refractivity contribution in [2.45, 2.75) is 0 Å². The van der Waals surface area contributed by atoms with Crippen LogP contribution in [-0.2, 0) is 0 Å². The fourth-order valence-electron chi connectivity index (χ4n) is 8.63. The summed E-state index contributed by atoms with van der Waals surface area (Å²) < 4.78 is 6.78. The third kappa shape index (κ3) is 5.64. The molecule has 0 aliphatic rings. The van der Waals surface area contributed by atoms with Gasteiger partial charge in [-0.3, -0.25) is 0 Å². The number of para-hydroxylation sites is 1. The summed E-state index contributed by atoms with van der Waals surface area (Å²) in [5, 5.41) is 9.23. The van der Waals surface area contributed by atoms with Crippen molar-refractivity contribution >= 4 is 121 Å². The number of hydrogen-bond acceptors (Lipinski definition) is 4. The first kappa shape index (κ1) is 36.0. The number of fused-ring (bicyclic) bond motifs is 9. The lowest BCUT2D eigenvalue weighted by atomic mass is 9.59. The summed E-state index contributed by atoms with van der Waals surface area (Å²) in [6.45, 7) is 0.